The smallest absolute Gasteiger partial charge is 0.255 e. The molecule has 2 atom stereocenters. The molecule has 0 spiro atoms. The van der Waals surface area contributed by atoms with E-state index in [0.717, 1.165) is 0 Å². The topological polar surface area (TPSA) is 127 Å². The van der Waals surface area contributed by atoms with Crippen molar-refractivity contribution in [3.8, 4) is 5.75 Å². The predicted molar refractivity (Wildman–Crippen MR) is 125 cm³/mol. The molecule has 2 bridgehead atoms. The van der Waals surface area contributed by atoms with E-state index in [4.69, 9.17) is 16.3 Å². The SMILES string of the molecule is CSCC[C@H]1NC(=O)c2ccc(Cl)cc2OCCCn2cc(nn2)CNC(=O)[C@@H](C)NC1=O. The molecule has 2 aromatic rings. The molecule has 10 nitrogen and oxygen atoms in total. The Morgan fingerprint density at radius 2 is 2.06 bits per heavy atom. The van der Waals surface area contributed by atoms with Crippen LogP contribution in [0.1, 0.15) is 35.8 Å². The molecule has 33 heavy (non-hydrogen) atoms. The lowest BCUT2D eigenvalue weighted by Gasteiger charge is -2.21. The maximum atomic E-state index is 13.0. The van der Waals surface area contributed by atoms with Crippen LogP contribution in [0.15, 0.2) is 24.4 Å². The molecule has 0 saturated heterocycles. The lowest BCUT2D eigenvalue weighted by molar-refractivity contribution is -0.129. The van der Waals surface area contributed by atoms with Gasteiger partial charge >= 0.3 is 0 Å². The highest BCUT2D eigenvalue weighted by Crippen LogP contribution is 2.24. The van der Waals surface area contributed by atoms with Crippen LogP contribution >= 0.6 is 23.4 Å². The molecular weight excluding hydrogens is 468 g/mol. The first kappa shape index (κ1) is 24.8. The van der Waals surface area contributed by atoms with E-state index in [-0.39, 0.29) is 18.0 Å². The third-order valence-electron chi connectivity index (χ3n) is 4.99. The Morgan fingerprint density at radius 3 is 2.85 bits per heavy atom. The van der Waals surface area contributed by atoms with Crippen molar-refractivity contribution in [2.24, 2.45) is 0 Å². The molecule has 178 valence electrons. The molecule has 0 radical (unpaired) electrons. The van der Waals surface area contributed by atoms with Gasteiger partial charge in [0.25, 0.3) is 5.91 Å². The van der Waals surface area contributed by atoms with Gasteiger partial charge in [0.15, 0.2) is 0 Å². The molecule has 12 heteroatoms. The number of aromatic nitrogens is 3. The van der Waals surface area contributed by atoms with Crippen molar-refractivity contribution in [2.45, 2.75) is 44.9 Å². The van der Waals surface area contributed by atoms with E-state index >= 15 is 0 Å². The molecule has 0 fully saturated rings. The van der Waals surface area contributed by atoms with Gasteiger partial charge in [-0.25, -0.2) is 0 Å². The van der Waals surface area contributed by atoms with E-state index in [0.29, 0.717) is 48.2 Å². The summed E-state index contributed by atoms with van der Waals surface area (Å²) >= 11 is 7.67. The maximum absolute atomic E-state index is 13.0. The summed E-state index contributed by atoms with van der Waals surface area (Å²) in [5.74, 6) is -0.274. The molecule has 1 aliphatic rings. The second kappa shape index (κ2) is 11.9. The zero-order valence-electron chi connectivity index (χ0n) is 18.5. The van der Waals surface area contributed by atoms with Gasteiger partial charge in [-0.3, -0.25) is 19.1 Å². The van der Waals surface area contributed by atoms with Crippen molar-refractivity contribution in [3.63, 3.8) is 0 Å². The van der Waals surface area contributed by atoms with Gasteiger partial charge in [0, 0.05) is 18.0 Å². The number of hydrogen-bond acceptors (Lipinski definition) is 7. The van der Waals surface area contributed by atoms with Crippen LogP contribution in [0.4, 0.5) is 0 Å². The summed E-state index contributed by atoms with van der Waals surface area (Å²) in [5.41, 5.74) is 0.877. The number of thioether (sulfide) groups is 1. The number of carbonyl (C=O) groups is 3. The van der Waals surface area contributed by atoms with Crippen molar-refractivity contribution in [1.82, 2.24) is 30.9 Å². The van der Waals surface area contributed by atoms with Gasteiger partial charge in [-0.1, -0.05) is 16.8 Å². The van der Waals surface area contributed by atoms with Gasteiger partial charge in [-0.15, -0.1) is 5.10 Å². The highest BCUT2D eigenvalue weighted by Gasteiger charge is 2.26. The standard InChI is InChI=1S/C21H27ClN6O4S/c1-13-19(29)23-11-15-12-28(27-26-15)7-3-8-32-18-10-14(22)4-5-16(18)20(30)25-17(6-9-33-2)21(31)24-13/h4-5,10,12-13,17H,3,6-9,11H2,1-2H3,(H,23,29)(H,24,31)(H,25,30)/t13-,17-/m1/s1. The maximum Gasteiger partial charge on any atom is 0.255 e. The Labute approximate surface area is 201 Å². The van der Waals surface area contributed by atoms with E-state index < -0.39 is 23.9 Å². The average Bonchev–Trinajstić information content (AvgIpc) is 3.24. The second-order valence-corrected chi connectivity index (χ2v) is 8.99. The van der Waals surface area contributed by atoms with E-state index in [1.807, 2.05) is 6.26 Å². The number of benzene rings is 1. The first-order valence-electron chi connectivity index (χ1n) is 10.6. The molecule has 3 amide bonds. The number of ether oxygens (including phenoxy) is 1. The first-order valence-corrected chi connectivity index (χ1v) is 12.3. The second-order valence-electron chi connectivity index (χ2n) is 7.57. The van der Waals surface area contributed by atoms with E-state index in [1.54, 1.807) is 47.8 Å². The number of amides is 3. The van der Waals surface area contributed by atoms with Crippen LogP contribution in [0.2, 0.25) is 5.02 Å². The first-order chi connectivity index (χ1) is 15.9. The molecule has 2 heterocycles. The molecule has 0 saturated carbocycles. The van der Waals surface area contributed by atoms with E-state index in [9.17, 15) is 14.4 Å². The van der Waals surface area contributed by atoms with Gasteiger partial charge in [-0.2, -0.15) is 11.8 Å². The minimum atomic E-state index is -0.817. The summed E-state index contributed by atoms with van der Waals surface area (Å²) < 4.78 is 7.49. The summed E-state index contributed by atoms with van der Waals surface area (Å²) in [4.78, 5) is 38.4. The van der Waals surface area contributed by atoms with Crippen LogP contribution in [-0.2, 0) is 22.7 Å². The Kier molecular flexibility index (Phi) is 8.95. The minimum Gasteiger partial charge on any atom is -0.493 e. The number of halogens is 1. The monoisotopic (exact) mass is 494 g/mol. The number of fused-ring (bicyclic) bond motifs is 3. The zero-order valence-corrected chi connectivity index (χ0v) is 20.0. The molecule has 0 unspecified atom stereocenters. The predicted octanol–water partition coefficient (Wildman–Crippen LogP) is 1.39. The van der Waals surface area contributed by atoms with E-state index in [1.165, 1.54) is 0 Å². The zero-order chi connectivity index (χ0) is 23.8. The third kappa shape index (κ3) is 7.10. The molecule has 1 aromatic carbocycles. The Hall–Kier alpha value is -2.79. The molecular formula is C21H27ClN6O4S. The van der Waals surface area contributed by atoms with Gasteiger partial charge in [-0.05, 0) is 43.6 Å². The van der Waals surface area contributed by atoms with Crippen LogP contribution in [0.25, 0.3) is 0 Å². The summed E-state index contributed by atoms with van der Waals surface area (Å²) in [5, 5.41) is 16.7. The highest BCUT2D eigenvalue weighted by molar-refractivity contribution is 7.98. The van der Waals surface area contributed by atoms with Crippen LogP contribution in [-0.4, -0.2) is 63.4 Å². The fourth-order valence-electron chi connectivity index (χ4n) is 3.19. The van der Waals surface area contributed by atoms with Crippen LogP contribution in [0, 0.1) is 0 Å². The lowest BCUT2D eigenvalue weighted by atomic mass is 10.1. The summed E-state index contributed by atoms with van der Waals surface area (Å²) in [7, 11) is 0. The van der Waals surface area contributed by atoms with Gasteiger partial charge in [0.05, 0.1) is 24.9 Å². The van der Waals surface area contributed by atoms with Gasteiger partial charge < -0.3 is 20.7 Å². The summed E-state index contributed by atoms with van der Waals surface area (Å²) in [6.07, 6.45) is 4.67. The normalized spacial score (nSPS) is 20.4. The largest absolute Gasteiger partial charge is 0.493 e. The number of rotatable bonds is 3. The van der Waals surface area contributed by atoms with Gasteiger partial charge in [0.1, 0.15) is 23.5 Å². The Balaban J connectivity index is 1.86. The number of nitrogens with one attached hydrogen (secondary N) is 3. The van der Waals surface area contributed by atoms with Crippen LogP contribution in [0.5, 0.6) is 5.75 Å². The Morgan fingerprint density at radius 1 is 1.24 bits per heavy atom. The van der Waals surface area contributed by atoms with E-state index in [2.05, 4.69) is 26.3 Å². The third-order valence-corrected chi connectivity index (χ3v) is 5.87. The minimum absolute atomic E-state index is 0.189. The molecule has 1 aromatic heterocycles. The number of aryl methyl sites for hydroxylation is 1. The number of hydrogen-bond donors (Lipinski definition) is 3. The molecule has 1 aliphatic heterocycles. The van der Waals surface area contributed by atoms with Crippen molar-refractivity contribution in [1.29, 1.82) is 0 Å². The fourth-order valence-corrected chi connectivity index (χ4v) is 3.82. The van der Waals surface area contributed by atoms with Crippen LogP contribution < -0.4 is 20.7 Å². The average molecular weight is 495 g/mol. The summed E-state index contributed by atoms with van der Waals surface area (Å²) in [6.45, 7) is 2.64. The molecule has 3 N–H and O–H groups in total. The molecule has 0 aliphatic carbocycles. The number of carbonyl (C=O) groups excluding carboxylic acids is 3. The Bertz CT molecular complexity index is 1000. The van der Waals surface area contributed by atoms with Crippen LogP contribution in [0.3, 0.4) is 0 Å². The quantitative estimate of drug-likeness (QED) is 0.588. The fraction of sp³-hybridized carbons (Fsp3) is 0.476. The van der Waals surface area contributed by atoms with Crippen molar-refractivity contribution in [2.75, 3.05) is 18.6 Å². The van der Waals surface area contributed by atoms with Crippen molar-refractivity contribution >= 4 is 41.1 Å². The highest BCUT2D eigenvalue weighted by atomic mass is 35.5. The molecule has 3 rings (SSSR count). The lowest BCUT2D eigenvalue weighted by Crippen LogP contribution is -2.52. The van der Waals surface area contributed by atoms with Crippen molar-refractivity contribution in [3.05, 3.63) is 40.7 Å². The number of nitrogens with zero attached hydrogens (tertiary/aromatic N) is 3. The van der Waals surface area contributed by atoms with Crippen molar-refractivity contribution < 1.29 is 19.1 Å². The summed E-state index contributed by atoms with van der Waals surface area (Å²) in [6, 6.07) is 3.12. The van der Waals surface area contributed by atoms with Gasteiger partial charge in [0.2, 0.25) is 11.8 Å².